The fourth-order valence-corrected chi connectivity index (χ4v) is 5.78. The highest BCUT2D eigenvalue weighted by Crippen LogP contribution is 2.32. The summed E-state index contributed by atoms with van der Waals surface area (Å²) in [7, 11) is -5.33. The number of piperidine rings is 1. The summed E-state index contributed by atoms with van der Waals surface area (Å²) in [5.74, 6) is -1.09. The summed E-state index contributed by atoms with van der Waals surface area (Å²) >= 11 is 5.58. The normalized spacial score (nSPS) is 14.8. The molecule has 12 heteroatoms. The largest absolute Gasteiger partial charge is 0.370 e. The molecule has 0 aliphatic carbocycles. The van der Waals surface area contributed by atoms with E-state index in [9.17, 15) is 21.6 Å². The minimum atomic E-state index is -4.18. The van der Waals surface area contributed by atoms with Gasteiger partial charge in [0.15, 0.2) is 0 Å². The van der Waals surface area contributed by atoms with Crippen molar-refractivity contribution in [2.24, 2.45) is 0 Å². The van der Waals surface area contributed by atoms with Gasteiger partial charge in [0.05, 0.1) is 22.0 Å². The minimum absolute atomic E-state index is 0.162. The van der Waals surface area contributed by atoms with Crippen molar-refractivity contribution in [3.05, 3.63) is 42.5 Å². The van der Waals surface area contributed by atoms with Crippen molar-refractivity contribution in [2.45, 2.75) is 29.1 Å². The third kappa shape index (κ3) is 5.78. The van der Waals surface area contributed by atoms with Gasteiger partial charge in [-0.2, -0.15) is 0 Å². The van der Waals surface area contributed by atoms with Crippen LogP contribution in [0.2, 0.25) is 0 Å². The van der Waals surface area contributed by atoms with Crippen LogP contribution in [0.25, 0.3) is 0 Å². The molecule has 1 aliphatic rings. The van der Waals surface area contributed by atoms with Crippen LogP contribution in [-0.2, 0) is 24.8 Å². The van der Waals surface area contributed by atoms with Gasteiger partial charge in [0.25, 0.3) is 10.0 Å². The van der Waals surface area contributed by atoms with Crippen LogP contribution in [0.5, 0.6) is 0 Å². The highest BCUT2D eigenvalue weighted by atomic mass is 35.5. The van der Waals surface area contributed by atoms with E-state index in [2.05, 4.69) is 14.9 Å². The molecule has 0 aromatic heterocycles. The Bertz CT molecular complexity index is 1230. The number of hydrogen-bond donors (Lipinski definition) is 2. The predicted molar refractivity (Wildman–Crippen MR) is 130 cm³/mol. The molecule has 1 saturated heterocycles. The van der Waals surface area contributed by atoms with Crippen molar-refractivity contribution in [1.29, 1.82) is 0 Å². The smallest absolute Gasteiger partial charge is 0.264 e. The molecule has 0 atom stereocenters. The molecule has 0 saturated carbocycles. The first-order chi connectivity index (χ1) is 15.6. The number of rotatable bonds is 8. The molecule has 1 fully saturated rings. The Morgan fingerprint density at radius 1 is 1.00 bits per heavy atom. The van der Waals surface area contributed by atoms with Gasteiger partial charge in [-0.15, -0.1) is 11.6 Å². The molecule has 0 spiro atoms. The highest BCUT2D eigenvalue weighted by molar-refractivity contribution is 7.93. The summed E-state index contributed by atoms with van der Waals surface area (Å²) in [6.07, 6.45) is 3.19. The molecule has 180 valence electrons. The lowest BCUT2D eigenvalue weighted by Gasteiger charge is -2.30. The number of para-hydroxylation sites is 2. The number of hydrogen-bond acceptors (Lipinski definition) is 6. The maximum absolute atomic E-state index is 13.3. The minimum Gasteiger partial charge on any atom is -0.370 e. The van der Waals surface area contributed by atoms with E-state index in [0.29, 0.717) is 5.69 Å². The van der Waals surface area contributed by atoms with E-state index in [4.69, 9.17) is 11.6 Å². The monoisotopic (exact) mass is 514 g/mol. The van der Waals surface area contributed by atoms with Gasteiger partial charge in [0, 0.05) is 27.2 Å². The van der Waals surface area contributed by atoms with Crippen molar-refractivity contribution in [3.63, 3.8) is 0 Å². The van der Waals surface area contributed by atoms with Crippen LogP contribution in [-0.4, -0.2) is 60.1 Å². The Morgan fingerprint density at radius 2 is 1.67 bits per heavy atom. The molecule has 2 aromatic carbocycles. The van der Waals surface area contributed by atoms with E-state index in [1.54, 1.807) is 12.1 Å². The molecule has 0 bridgehead atoms. The fraction of sp³-hybridized carbons (Fsp3) is 0.381. The highest BCUT2D eigenvalue weighted by Gasteiger charge is 2.26. The Labute approximate surface area is 199 Å². The molecule has 1 aliphatic heterocycles. The molecule has 0 unspecified atom stereocenters. The van der Waals surface area contributed by atoms with Gasteiger partial charge in [-0.3, -0.25) is 9.52 Å². The van der Waals surface area contributed by atoms with Crippen LogP contribution in [0, 0.1) is 0 Å². The van der Waals surface area contributed by atoms with Crippen LogP contribution in [0.15, 0.2) is 52.3 Å². The summed E-state index contributed by atoms with van der Waals surface area (Å²) in [6.45, 7) is 1.65. The number of anilines is 3. The van der Waals surface area contributed by atoms with Crippen molar-refractivity contribution >= 4 is 54.6 Å². The summed E-state index contributed by atoms with van der Waals surface area (Å²) < 4.78 is 55.3. The van der Waals surface area contributed by atoms with Gasteiger partial charge < -0.3 is 10.2 Å². The first kappa shape index (κ1) is 25.3. The number of sulfonamides is 2. The molecule has 33 heavy (non-hydrogen) atoms. The number of carbonyl (C=O) groups excluding carboxylic acids is 1. The molecule has 2 N–H and O–H groups in total. The summed E-state index contributed by atoms with van der Waals surface area (Å²) in [5, 5.41) is 2.40. The number of halogens is 1. The lowest BCUT2D eigenvalue weighted by Crippen LogP contribution is -2.30. The average Bonchev–Trinajstić information content (AvgIpc) is 2.79. The number of nitrogens with zero attached hydrogens (tertiary/aromatic N) is 2. The summed E-state index contributed by atoms with van der Waals surface area (Å²) in [6, 6.07) is 10.6. The van der Waals surface area contributed by atoms with E-state index in [0.717, 1.165) is 54.5 Å². The molecule has 9 nitrogen and oxygen atoms in total. The number of benzene rings is 2. The van der Waals surface area contributed by atoms with E-state index < -0.39 is 31.8 Å². The Kier molecular flexibility index (Phi) is 7.88. The van der Waals surface area contributed by atoms with Gasteiger partial charge in [-0.05, 0) is 49.6 Å². The third-order valence-electron chi connectivity index (χ3n) is 5.26. The number of carbonyl (C=O) groups is 1. The topological polar surface area (TPSA) is 116 Å². The molecule has 0 radical (unpaired) electrons. The van der Waals surface area contributed by atoms with Gasteiger partial charge in [0.2, 0.25) is 15.9 Å². The zero-order chi connectivity index (χ0) is 24.2. The van der Waals surface area contributed by atoms with E-state index in [1.807, 2.05) is 12.1 Å². The van der Waals surface area contributed by atoms with Crippen molar-refractivity contribution in [2.75, 3.05) is 48.0 Å². The second-order valence-corrected chi connectivity index (χ2v) is 11.9. The van der Waals surface area contributed by atoms with Crippen molar-refractivity contribution < 1.29 is 21.6 Å². The van der Waals surface area contributed by atoms with Crippen LogP contribution < -0.4 is 14.9 Å². The van der Waals surface area contributed by atoms with Crippen molar-refractivity contribution in [1.82, 2.24) is 4.31 Å². The summed E-state index contributed by atoms with van der Waals surface area (Å²) in [4.78, 5) is 13.6. The van der Waals surface area contributed by atoms with Crippen LogP contribution in [0.3, 0.4) is 0 Å². The lowest BCUT2D eigenvalue weighted by molar-refractivity contribution is -0.113. The Hall–Kier alpha value is -2.34. The van der Waals surface area contributed by atoms with E-state index in [-0.39, 0.29) is 15.5 Å². The summed E-state index contributed by atoms with van der Waals surface area (Å²) in [5.41, 5.74) is 0.990. The molecular weight excluding hydrogens is 488 g/mol. The van der Waals surface area contributed by atoms with Crippen LogP contribution >= 0.6 is 11.6 Å². The van der Waals surface area contributed by atoms with E-state index in [1.165, 1.54) is 20.2 Å². The first-order valence-corrected chi connectivity index (χ1v) is 13.8. The maximum atomic E-state index is 13.3. The third-order valence-corrected chi connectivity index (χ3v) is 8.74. The number of nitrogens with one attached hydrogen (secondary N) is 2. The number of alkyl halides is 1. The van der Waals surface area contributed by atoms with Crippen LogP contribution in [0.1, 0.15) is 19.3 Å². The quantitative estimate of drug-likeness (QED) is 0.523. The zero-order valence-electron chi connectivity index (χ0n) is 18.4. The lowest BCUT2D eigenvalue weighted by atomic mass is 10.1. The fourth-order valence-electron chi connectivity index (χ4n) is 3.57. The molecule has 1 amide bonds. The number of amides is 1. The van der Waals surface area contributed by atoms with Gasteiger partial charge >= 0.3 is 0 Å². The maximum Gasteiger partial charge on any atom is 0.264 e. The Balaban J connectivity index is 2.03. The van der Waals surface area contributed by atoms with Gasteiger partial charge in [0.1, 0.15) is 10.8 Å². The SMILES string of the molecule is CN(C)S(=O)(=O)c1ccc(S(=O)(=O)Nc2ccccc2N2CCCCC2)c(NC(=O)CCl)c1. The van der Waals surface area contributed by atoms with Gasteiger partial charge in [-0.1, -0.05) is 12.1 Å². The molecule has 1 heterocycles. The second kappa shape index (κ2) is 10.3. The van der Waals surface area contributed by atoms with E-state index >= 15 is 0 Å². The standard InChI is InChI=1S/C21H27ClN4O5S2/c1-25(2)33(30,31)16-10-11-20(18(14-16)23-21(27)15-22)32(28,29)24-17-8-4-5-9-19(17)26-12-6-3-7-13-26/h4-5,8-11,14,24H,3,6-7,12-13,15H2,1-2H3,(H,23,27). The van der Waals surface area contributed by atoms with Crippen molar-refractivity contribution in [3.8, 4) is 0 Å². The predicted octanol–water partition coefficient (Wildman–Crippen LogP) is 2.91. The molecule has 3 rings (SSSR count). The molecule has 2 aromatic rings. The first-order valence-electron chi connectivity index (χ1n) is 10.4. The van der Waals surface area contributed by atoms with Gasteiger partial charge in [-0.25, -0.2) is 21.1 Å². The Morgan fingerprint density at radius 3 is 2.30 bits per heavy atom. The second-order valence-electron chi connectivity index (χ2n) is 7.80. The molecular formula is C21H27ClN4O5S2. The zero-order valence-corrected chi connectivity index (χ0v) is 20.8. The van der Waals surface area contributed by atoms with Crippen LogP contribution in [0.4, 0.5) is 17.1 Å². The average molecular weight is 515 g/mol.